The van der Waals surface area contributed by atoms with Gasteiger partial charge >= 0.3 is 0 Å². The van der Waals surface area contributed by atoms with Crippen molar-refractivity contribution in [3.05, 3.63) is 167 Å². The predicted octanol–water partition coefficient (Wildman–Crippen LogP) is 8.16. The maximum atomic E-state index is 13.2. The monoisotopic (exact) mass is 1700 g/mol. The highest BCUT2D eigenvalue weighted by Crippen LogP contribution is 2.37. The maximum absolute atomic E-state index is 13.2. The number of hydrogen-bond acceptors (Lipinski definition) is 29. The van der Waals surface area contributed by atoms with Crippen molar-refractivity contribution in [3.63, 3.8) is 0 Å². The van der Waals surface area contributed by atoms with Crippen LogP contribution in [0, 0.1) is 0 Å². The van der Waals surface area contributed by atoms with Crippen molar-refractivity contribution >= 4 is 104 Å². The fourth-order valence-electron chi connectivity index (χ4n) is 17.4. The lowest BCUT2D eigenvalue weighted by Gasteiger charge is -2.34. The molecule has 2 unspecified atom stereocenters. The lowest BCUT2D eigenvalue weighted by atomic mass is 10.0. The third kappa shape index (κ3) is 19.3. The Morgan fingerprint density at radius 3 is 1.29 bits per heavy atom. The first kappa shape index (κ1) is 85.9. The number of phenolic OH excluding ortho intramolecular Hbond substituents is 1. The molecule has 18 rings (SSSR count). The number of pyridine rings is 2. The van der Waals surface area contributed by atoms with Crippen LogP contribution < -0.4 is 35.8 Å². The maximum Gasteiger partial charge on any atom is 0.262 e. The Kier molecular flexibility index (Phi) is 26.3. The molecule has 14 heterocycles. The molecule has 0 spiro atoms. The number of imide groups is 4. The first-order chi connectivity index (χ1) is 60.6. The zero-order chi connectivity index (χ0) is 87.1. The number of amides is 8. The van der Waals surface area contributed by atoms with Crippen molar-refractivity contribution in [3.8, 4) is 34.3 Å². The van der Waals surface area contributed by atoms with Crippen LogP contribution in [0.1, 0.15) is 144 Å². The van der Waals surface area contributed by atoms with Crippen LogP contribution in [0.25, 0.3) is 44.8 Å². The van der Waals surface area contributed by atoms with E-state index in [0.717, 1.165) is 197 Å². The molecule has 6 N–H and O–H groups in total. The number of hydrogen-bond donors (Lipinski definition) is 6. The highest BCUT2D eigenvalue weighted by molar-refractivity contribution is 6.24. The summed E-state index contributed by atoms with van der Waals surface area (Å²) in [4.78, 5) is 151. The van der Waals surface area contributed by atoms with Gasteiger partial charge in [0.1, 0.15) is 76.1 Å². The number of aromatic hydroxyl groups is 1. The molecule has 0 bridgehead atoms. The number of nitrogens with zero attached hydrogens (tertiary/aromatic N) is 18. The van der Waals surface area contributed by atoms with Gasteiger partial charge in [0.05, 0.1) is 64.5 Å². The van der Waals surface area contributed by atoms with Gasteiger partial charge in [0, 0.05) is 180 Å². The Labute approximate surface area is 722 Å². The Bertz CT molecular complexity index is 5660. The van der Waals surface area contributed by atoms with Crippen LogP contribution in [-0.2, 0) is 41.7 Å². The fourth-order valence-corrected chi connectivity index (χ4v) is 17.4. The van der Waals surface area contributed by atoms with Crippen LogP contribution in [0.5, 0.6) is 11.5 Å². The van der Waals surface area contributed by atoms with Gasteiger partial charge in [0.25, 0.3) is 23.6 Å². The summed E-state index contributed by atoms with van der Waals surface area (Å²) in [5.74, 6) is 2.04. The van der Waals surface area contributed by atoms with Gasteiger partial charge in [0.15, 0.2) is 0 Å². The van der Waals surface area contributed by atoms with E-state index >= 15 is 0 Å². The van der Waals surface area contributed by atoms with Crippen molar-refractivity contribution in [1.29, 1.82) is 0 Å². The number of rotatable bonds is 24. The minimum absolute atomic E-state index is 0.0692. The summed E-state index contributed by atoms with van der Waals surface area (Å²) < 4.78 is 21.6. The molecule has 0 aliphatic carbocycles. The zero-order valence-corrected chi connectivity index (χ0v) is 71.0. The molecule has 652 valence electrons. The fraction of sp³-hybridized carbons (Fsp3) is 0.422. The quantitative estimate of drug-likeness (QED) is 0.0311. The Morgan fingerprint density at radius 1 is 0.448 bits per heavy atom. The molecule has 4 aromatic carbocycles. The number of benzene rings is 4. The van der Waals surface area contributed by atoms with Gasteiger partial charge in [-0.1, -0.05) is 48.5 Å². The number of piperazine rings is 2. The van der Waals surface area contributed by atoms with E-state index in [1.165, 1.54) is 29.3 Å². The lowest BCUT2D eigenvalue weighted by molar-refractivity contribution is -0.137. The van der Waals surface area contributed by atoms with Gasteiger partial charge in [-0.3, -0.25) is 78.4 Å². The first-order valence-corrected chi connectivity index (χ1v) is 42.8. The van der Waals surface area contributed by atoms with Crippen LogP contribution in [-0.4, -0.2) is 279 Å². The molecule has 2 atom stereocenters. The molecule has 6 saturated heterocycles. The minimum atomic E-state index is -0.998. The molecule has 8 amide bonds. The van der Waals surface area contributed by atoms with Gasteiger partial charge in [-0.05, 0) is 126 Å². The van der Waals surface area contributed by atoms with Gasteiger partial charge < -0.3 is 54.0 Å². The number of ether oxygens (including phenoxy) is 3. The van der Waals surface area contributed by atoms with E-state index in [-0.39, 0.29) is 78.5 Å². The number of phenols is 1. The van der Waals surface area contributed by atoms with E-state index in [1.54, 1.807) is 44.8 Å². The van der Waals surface area contributed by atoms with E-state index in [4.69, 9.17) is 34.1 Å². The number of nitrogens with one attached hydrogen (secondary N) is 4. The molecule has 125 heavy (non-hydrogen) atoms. The number of piperidine rings is 4. The summed E-state index contributed by atoms with van der Waals surface area (Å²) in [6, 6.07) is 32.4. The highest BCUT2D eigenvalue weighted by Gasteiger charge is 2.47. The number of fused-ring (bicyclic) bond motifs is 4. The molecule has 6 aromatic heterocycles. The number of carbonyl (C=O) groups excluding carboxylic acids is 8. The summed E-state index contributed by atoms with van der Waals surface area (Å²) in [6.45, 7) is 23.8. The molecule has 35 nitrogen and oxygen atoms in total. The summed E-state index contributed by atoms with van der Waals surface area (Å²) in [5.41, 5.74) is 9.05. The number of β-amino-alcohol motifs (C(OH)–C–C–N with tert-alkyl or cyclic N) is 1. The standard InChI is InChI=1S/C45H51N11O6.C32H43N9O2.C13H10N2O5/c1-28(2)55-37-25-39(49-38-12-15-46-45(50-38)54-16-13-31(61-3)14-17-54)47-26-35(37)48-41(55)30-6-4-29(5-7-30)27-53-20-18-52(19-21-53)22-23-62-32-8-9-33-34(24-32)44(60)56(43(33)59)36-10-11-40(57)51-42(36)58;1-23(2)41-28-20-30(36-29-8-11-33-32(37-29)40-12-9-26(43-3)10-13-40)34-21-27(28)35-31(41)25-6-4-24(5-7-25)22-39-16-14-38(15-17-39)18-19-42;16-6-1-2-7-8(5-6)13(20)15(12(7)19)9-3-4-10(17)14-11(9)18/h4-9,12,15,24-26,28,31,36H,10-11,13-14,16-23,27H2,1-3H3,(H,51,57,58)(H,46,47,49,50);4-8,11,20-21,23,26,42H,9-10,12-19,22H2,1-3H3,(H,33,34,36,37);1-2,5,9,16H,3-4H2,(H,14,17,18). The van der Waals surface area contributed by atoms with Gasteiger partial charge in [-0.15, -0.1) is 0 Å². The van der Waals surface area contributed by atoms with Gasteiger partial charge in [-0.2, -0.15) is 9.97 Å². The van der Waals surface area contributed by atoms with Crippen LogP contribution in [0.4, 0.5) is 35.2 Å². The van der Waals surface area contributed by atoms with Crippen molar-refractivity contribution in [2.45, 2.75) is 129 Å². The van der Waals surface area contributed by atoms with Crippen LogP contribution >= 0.6 is 0 Å². The zero-order valence-electron chi connectivity index (χ0n) is 71.0. The number of aromatic nitrogens is 10. The SMILES string of the molecule is COC1CCN(c2nccc(Nc3cc4c(cn3)nc(-c3ccc(CN5CCN(CCO)CC5)cc3)n4C(C)C)n2)CC1.COC1CCN(c2nccc(Nc3cc4c(cn3)nc(-c3ccc(CN5CCN(CCOc6ccc7c(c6)C(=O)N(C6CCC(=O)NC6=O)C7=O)CC5)cc3)n4C(C)C)n2)CC1.O=C1CCC(N2C(=O)c3ccc(O)cc3C2=O)C(=O)N1. The third-order valence-electron chi connectivity index (χ3n) is 24.2. The van der Waals surface area contributed by atoms with E-state index in [9.17, 15) is 48.6 Å². The summed E-state index contributed by atoms with van der Waals surface area (Å²) in [7, 11) is 3.55. The number of aliphatic hydroxyl groups is 1. The van der Waals surface area contributed by atoms with E-state index in [2.05, 4.69) is 162 Å². The molecular weight excluding hydrogens is 1600 g/mol. The predicted molar refractivity (Wildman–Crippen MR) is 466 cm³/mol. The Balaban J connectivity index is 0.000000157. The molecule has 8 aliphatic rings. The second kappa shape index (κ2) is 38.2. The van der Waals surface area contributed by atoms with Crippen molar-refractivity contribution in [2.75, 3.05) is 139 Å². The average molecular weight is 1700 g/mol. The van der Waals surface area contributed by atoms with Crippen LogP contribution in [0.3, 0.4) is 0 Å². The topological polar surface area (TPSA) is 392 Å². The number of aliphatic hydroxyl groups excluding tert-OH is 1. The molecule has 10 aromatic rings. The third-order valence-corrected chi connectivity index (χ3v) is 24.2. The molecule has 6 fully saturated rings. The molecule has 8 aliphatic heterocycles. The highest BCUT2D eigenvalue weighted by atomic mass is 16.5. The lowest BCUT2D eigenvalue weighted by Crippen LogP contribution is -2.54. The van der Waals surface area contributed by atoms with Crippen LogP contribution in [0.15, 0.2) is 134 Å². The second-order valence-electron chi connectivity index (χ2n) is 33.0. The number of methoxy groups -OCH3 is 2. The summed E-state index contributed by atoms with van der Waals surface area (Å²) in [6.07, 6.45) is 12.1. The number of anilines is 6. The number of imidazole rings is 2. The van der Waals surface area contributed by atoms with E-state index < -0.39 is 59.3 Å². The van der Waals surface area contributed by atoms with E-state index in [1.807, 2.05) is 30.6 Å². The Hall–Kier alpha value is -12.6. The molecular formula is C90H104N22O13. The van der Waals surface area contributed by atoms with Gasteiger partial charge in [0.2, 0.25) is 35.5 Å². The normalized spacial score (nSPS) is 19.0. The minimum Gasteiger partial charge on any atom is -0.508 e. The smallest absolute Gasteiger partial charge is 0.262 e. The van der Waals surface area contributed by atoms with Crippen molar-refractivity contribution in [1.82, 2.24) is 89.0 Å². The van der Waals surface area contributed by atoms with Crippen molar-refractivity contribution < 1.29 is 62.8 Å². The average Bonchev–Trinajstić information content (AvgIpc) is 1.58. The van der Waals surface area contributed by atoms with Crippen molar-refractivity contribution in [2.24, 2.45) is 0 Å². The van der Waals surface area contributed by atoms with E-state index in [0.29, 0.717) is 41.9 Å². The largest absolute Gasteiger partial charge is 0.508 e. The Morgan fingerprint density at radius 2 is 0.864 bits per heavy atom. The van der Waals surface area contributed by atoms with Gasteiger partial charge in [-0.25, -0.2) is 29.9 Å². The number of carbonyl (C=O) groups is 8. The van der Waals surface area contributed by atoms with Crippen LogP contribution in [0.2, 0.25) is 0 Å². The summed E-state index contributed by atoms with van der Waals surface area (Å²) in [5, 5.41) is 29.7. The molecule has 0 saturated carbocycles. The molecule has 35 heteroatoms. The second-order valence-corrected chi connectivity index (χ2v) is 33.0. The molecule has 0 radical (unpaired) electrons. The summed E-state index contributed by atoms with van der Waals surface area (Å²) >= 11 is 0. The first-order valence-electron chi connectivity index (χ1n) is 42.8.